The van der Waals surface area contributed by atoms with E-state index < -0.39 is 0 Å². The van der Waals surface area contributed by atoms with Gasteiger partial charge in [-0.3, -0.25) is 0 Å². The van der Waals surface area contributed by atoms with E-state index in [1.54, 1.807) is 0 Å². The Morgan fingerprint density at radius 2 is 0.409 bits per heavy atom. The molecule has 4 heteroatoms. The maximum absolute atomic E-state index is 2.20. The third-order valence-electron chi connectivity index (χ3n) is 7.13. The average Bonchev–Trinajstić information content (AvgIpc) is 3.08. The van der Waals surface area contributed by atoms with Gasteiger partial charge in [0.05, 0.1) is 0 Å². The van der Waals surface area contributed by atoms with Gasteiger partial charge < -0.3 is 0 Å². The molecule has 0 fully saturated rings. The van der Waals surface area contributed by atoms with E-state index in [4.69, 9.17) is 0 Å². The Balaban J connectivity index is 0.000000240. The van der Waals surface area contributed by atoms with Gasteiger partial charge in [0.25, 0.3) is 0 Å². The molecule has 0 aliphatic heterocycles. The Labute approximate surface area is 286 Å². The number of hydrogen-bond donors (Lipinski definition) is 0. The average molecular weight is 661 g/mol. The van der Waals surface area contributed by atoms with Crippen molar-refractivity contribution in [2.24, 2.45) is 0 Å². The van der Waals surface area contributed by atoms with E-state index in [2.05, 4.69) is 121 Å². The molecule has 0 saturated carbocycles. The quantitative estimate of drug-likeness (QED) is 0.0607. The molecular formula is C40H52S4. The largest absolute Gasteiger partial charge is 0.126 e. The molecule has 0 bridgehead atoms. The van der Waals surface area contributed by atoms with E-state index in [-0.39, 0.29) is 0 Å². The number of benzene rings is 4. The first kappa shape index (κ1) is 36.7. The highest BCUT2D eigenvalue weighted by atomic mass is 32.2. The van der Waals surface area contributed by atoms with Crippen LogP contribution in [-0.4, -0.2) is 23.0 Å². The summed E-state index contributed by atoms with van der Waals surface area (Å²) in [7, 11) is 0. The first-order valence-corrected chi connectivity index (χ1v) is 20.6. The number of rotatable bonds is 22. The molecular weight excluding hydrogens is 609 g/mol. The van der Waals surface area contributed by atoms with Crippen LogP contribution in [0.15, 0.2) is 141 Å². The van der Waals surface area contributed by atoms with Crippen LogP contribution in [0, 0.1) is 0 Å². The van der Waals surface area contributed by atoms with Crippen LogP contribution in [-0.2, 0) is 0 Å². The fourth-order valence-corrected chi connectivity index (χ4v) is 8.38. The van der Waals surface area contributed by atoms with Crippen molar-refractivity contribution in [3.63, 3.8) is 0 Å². The molecule has 0 heterocycles. The Kier molecular flexibility index (Phi) is 22.1. The number of hydrogen-bond acceptors (Lipinski definition) is 4. The van der Waals surface area contributed by atoms with Gasteiger partial charge in [-0.25, -0.2) is 0 Å². The summed E-state index contributed by atoms with van der Waals surface area (Å²) >= 11 is 7.95. The van der Waals surface area contributed by atoms with Crippen molar-refractivity contribution in [2.45, 2.75) is 96.6 Å². The zero-order valence-electron chi connectivity index (χ0n) is 26.5. The highest BCUT2D eigenvalue weighted by Crippen LogP contribution is 2.22. The lowest BCUT2D eigenvalue weighted by Gasteiger charge is -2.03. The van der Waals surface area contributed by atoms with Crippen LogP contribution in [0.5, 0.6) is 0 Å². The highest BCUT2D eigenvalue weighted by molar-refractivity contribution is 8.00. The third-order valence-corrected chi connectivity index (χ3v) is 11.5. The van der Waals surface area contributed by atoms with Crippen LogP contribution in [0.4, 0.5) is 0 Å². The van der Waals surface area contributed by atoms with Crippen LogP contribution in [0.2, 0.25) is 0 Å². The van der Waals surface area contributed by atoms with Gasteiger partial charge >= 0.3 is 0 Å². The van der Waals surface area contributed by atoms with Gasteiger partial charge in [0.15, 0.2) is 0 Å². The maximum atomic E-state index is 2.20. The lowest BCUT2D eigenvalue weighted by atomic mass is 10.1. The molecule has 0 aliphatic carbocycles. The second-order valence-electron chi connectivity index (χ2n) is 10.9. The smallest absolute Gasteiger partial charge is 0.00719 e. The monoisotopic (exact) mass is 660 g/mol. The van der Waals surface area contributed by atoms with Crippen molar-refractivity contribution >= 4 is 47.0 Å². The van der Waals surface area contributed by atoms with Crippen LogP contribution >= 0.6 is 47.0 Å². The second-order valence-corrected chi connectivity index (χ2v) is 15.6. The van der Waals surface area contributed by atoms with Gasteiger partial charge in [-0.15, -0.1) is 47.0 Å². The summed E-state index contributed by atoms with van der Waals surface area (Å²) in [4.78, 5) is 5.61. The van der Waals surface area contributed by atoms with E-state index in [1.165, 1.54) is 120 Å². The zero-order valence-corrected chi connectivity index (χ0v) is 29.8. The summed E-state index contributed by atoms with van der Waals surface area (Å²) in [5, 5.41) is 0. The molecule has 0 spiro atoms. The van der Waals surface area contributed by atoms with Crippen molar-refractivity contribution in [3.05, 3.63) is 121 Å². The second kappa shape index (κ2) is 26.5. The molecule has 0 radical (unpaired) electrons. The number of unbranched alkanes of at least 4 members (excludes halogenated alkanes) is 10. The van der Waals surface area contributed by atoms with Crippen molar-refractivity contribution < 1.29 is 0 Å². The molecule has 44 heavy (non-hydrogen) atoms. The highest BCUT2D eigenvalue weighted by Gasteiger charge is 1.97. The van der Waals surface area contributed by atoms with E-state index in [1.807, 2.05) is 47.0 Å². The Morgan fingerprint density at radius 1 is 0.227 bits per heavy atom. The van der Waals surface area contributed by atoms with Crippen LogP contribution in [0.3, 0.4) is 0 Å². The van der Waals surface area contributed by atoms with Crippen molar-refractivity contribution in [3.8, 4) is 0 Å². The van der Waals surface area contributed by atoms with Gasteiger partial charge in [0, 0.05) is 19.6 Å². The third kappa shape index (κ3) is 19.6. The van der Waals surface area contributed by atoms with Crippen LogP contribution < -0.4 is 0 Å². The molecule has 4 rings (SSSR count). The van der Waals surface area contributed by atoms with Crippen molar-refractivity contribution in [1.29, 1.82) is 0 Å². The predicted molar refractivity (Wildman–Crippen MR) is 204 cm³/mol. The fourth-order valence-electron chi connectivity index (χ4n) is 4.65. The molecule has 0 amide bonds. The Bertz CT molecular complexity index is 963. The molecule has 0 nitrogen and oxygen atoms in total. The summed E-state index contributed by atoms with van der Waals surface area (Å²) in [6.45, 7) is 0. The summed E-state index contributed by atoms with van der Waals surface area (Å²) in [5.41, 5.74) is 0. The Hall–Kier alpha value is -1.72. The van der Waals surface area contributed by atoms with Gasteiger partial charge in [0.1, 0.15) is 0 Å². The first-order chi connectivity index (χ1) is 21.9. The minimum absolute atomic E-state index is 1.26. The molecule has 0 N–H and O–H groups in total. The first-order valence-electron chi connectivity index (χ1n) is 16.6. The van der Waals surface area contributed by atoms with E-state index in [0.29, 0.717) is 0 Å². The molecule has 0 saturated heterocycles. The van der Waals surface area contributed by atoms with Crippen LogP contribution in [0.1, 0.15) is 77.0 Å². The van der Waals surface area contributed by atoms with Gasteiger partial charge in [-0.1, -0.05) is 124 Å². The summed E-state index contributed by atoms with van der Waals surface area (Å²) < 4.78 is 0. The van der Waals surface area contributed by atoms with Gasteiger partial charge in [0.2, 0.25) is 0 Å². The SMILES string of the molecule is c1ccc(SCCCCCCCCSc2ccccc2)cc1.c1ccc(SCCCCCCCCSc2ccccc2)cc1. The molecule has 4 aromatic rings. The minimum Gasteiger partial charge on any atom is -0.126 e. The van der Waals surface area contributed by atoms with Crippen molar-refractivity contribution in [1.82, 2.24) is 0 Å². The molecule has 0 aliphatic rings. The predicted octanol–water partition coefficient (Wildman–Crippen LogP) is 13.8. The van der Waals surface area contributed by atoms with Crippen molar-refractivity contribution in [2.75, 3.05) is 23.0 Å². The fraction of sp³-hybridized carbons (Fsp3) is 0.400. The van der Waals surface area contributed by atoms with Gasteiger partial charge in [-0.2, -0.15) is 0 Å². The minimum atomic E-state index is 1.26. The van der Waals surface area contributed by atoms with E-state index in [9.17, 15) is 0 Å². The molecule has 4 aromatic carbocycles. The normalized spacial score (nSPS) is 10.7. The topological polar surface area (TPSA) is 0 Å². The summed E-state index contributed by atoms with van der Waals surface area (Å²) in [5.74, 6) is 5.03. The number of thioether (sulfide) groups is 4. The standard InChI is InChI=1S/2C20H26S2/c2*1(3-11-17-21-19-13-7-5-8-14-19)2-4-12-18-22-20-15-9-6-10-16-20/h2*5-10,13-16H,1-4,11-12,17-18H2. The zero-order chi connectivity index (χ0) is 30.6. The summed E-state index contributed by atoms with van der Waals surface area (Å²) in [6.07, 6.45) is 16.5. The summed E-state index contributed by atoms with van der Waals surface area (Å²) in [6, 6.07) is 42.9. The molecule has 0 atom stereocenters. The van der Waals surface area contributed by atoms with E-state index in [0.717, 1.165) is 0 Å². The van der Waals surface area contributed by atoms with Gasteiger partial charge in [-0.05, 0) is 97.2 Å². The molecule has 0 aromatic heterocycles. The molecule has 0 unspecified atom stereocenters. The lowest BCUT2D eigenvalue weighted by Crippen LogP contribution is -1.85. The maximum Gasteiger partial charge on any atom is 0.00719 e. The Morgan fingerprint density at radius 3 is 0.614 bits per heavy atom. The lowest BCUT2D eigenvalue weighted by molar-refractivity contribution is 0.629. The molecule has 236 valence electrons. The van der Waals surface area contributed by atoms with Crippen LogP contribution in [0.25, 0.3) is 0 Å². The van der Waals surface area contributed by atoms with E-state index >= 15 is 0 Å².